The van der Waals surface area contributed by atoms with E-state index in [1.807, 2.05) is 72.8 Å². The number of aromatic nitrogens is 5. The molecule has 0 saturated carbocycles. The summed E-state index contributed by atoms with van der Waals surface area (Å²) in [6, 6.07) is 105. The second-order valence-electron chi connectivity index (χ2n) is 20.6. The lowest BCUT2D eigenvalue weighted by Gasteiger charge is -2.18. The van der Waals surface area contributed by atoms with Gasteiger partial charge in [0.15, 0.2) is 17.5 Å². The van der Waals surface area contributed by atoms with Gasteiger partial charge < -0.3 is 9.13 Å². The molecule has 0 aliphatic heterocycles. The average Bonchev–Trinajstić information content (AvgIpc) is 4.12. The van der Waals surface area contributed by atoms with E-state index in [0.717, 1.165) is 127 Å². The van der Waals surface area contributed by atoms with Crippen LogP contribution in [0.25, 0.3) is 145 Å². The van der Waals surface area contributed by atoms with Crippen LogP contribution in [0.15, 0.2) is 291 Å². The van der Waals surface area contributed by atoms with Crippen LogP contribution in [-0.2, 0) is 0 Å². The Hall–Kier alpha value is -11.3. The third kappa shape index (κ3) is 8.40. The fourth-order valence-electron chi connectivity index (χ4n) is 11.9. The van der Waals surface area contributed by atoms with E-state index < -0.39 is 0 Å². The Bertz CT molecular complexity index is 4700. The lowest BCUT2D eigenvalue weighted by molar-refractivity contribution is 1.06. The highest BCUT2D eigenvalue weighted by atomic mass is 15.1. The van der Waals surface area contributed by atoms with Gasteiger partial charge in [-0.05, 0) is 117 Å². The third-order valence-electron chi connectivity index (χ3n) is 15.8. The summed E-state index contributed by atoms with van der Waals surface area (Å²) in [5, 5.41) is 16.1. The molecule has 0 aliphatic carbocycles. The molecule has 3 aromatic heterocycles. The topological polar surface area (TPSA) is 72.3 Å². The van der Waals surface area contributed by atoms with Gasteiger partial charge in [0.05, 0.1) is 39.0 Å². The zero-order chi connectivity index (χ0) is 54.5. The number of rotatable bonds is 10. The number of benzene rings is 12. The molecule has 0 radical (unpaired) electrons. The molecular weight excluding hydrogens is 997 g/mol. The molecule has 382 valence electrons. The summed E-state index contributed by atoms with van der Waals surface area (Å²) in [4.78, 5) is 15.9. The van der Waals surface area contributed by atoms with Gasteiger partial charge in [-0.25, -0.2) is 15.0 Å². The zero-order valence-electron chi connectivity index (χ0n) is 44.4. The van der Waals surface area contributed by atoms with Gasteiger partial charge in [0.25, 0.3) is 0 Å². The number of hydrogen-bond acceptors (Lipinski definition) is 4. The molecule has 0 atom stereocenters. The first-order valence-corrected chi connectivity index (χ1v) is 27.6. The molecule has 0 spiro atoms. The van der Waals surface area contributed by atoms with Crippen molar-refractivity contribution >= 4 is 43.6 Å². The van der Waals surface area contributed by atoms with E-state index in [-0.39, 0.29) is 0 Å². The van der Waals surface area contributed by atoms with Crippen LogP contribution in [0.5, 0.6) is 0 Å². The summed E-state index contributed by atoms with van der Waals surface area (Å²) in [5.41, 5.74) is 19.5. The summed E-state index contributed by atoms with van der Waals surface area (Å²) >= 11 is 0. The van der Waals surface area contributed by atoms with E-state index >= 15 is 0 Å². The maximum atomic E-state index is 11.7. The van der Waals surface area contributed by atoms with Crippen molar-refractivity contribution in [2.75, 3.05) is 0 Å². The fourth-order valence-corrected chi connectivity index (χ4v) is 11.9. The van der Waals surface area contributed by atoms with E-state index in [1.165, 1.54) is 0 Å². The molecule has 6 heteroatoms. The molecular formula is C76H48N6. The van der Waals surface area contributed by atoms with E-state index in [0.29, 0.717) is 23.0 Å². The molecule has 6 nitrogen and oxygen atoms in total. The van der Waals surface area contributed by atoms with Crippen molar-refractivity contribution in [1.29, 1.82) is 5.26 Å². The summed E-state index contributed by atoms with van der Waals surface area (Å²) < 4.78 is 4.62. The van der Waals surface area contributed by atoms with E-state index in [1.54, 1.807) is 0 Å². The van der Waals surface area contributed by atoms with Crippen molar-refractivity contribution in [2.24, 2.45) is 0 Å². The minimum atomic E-state index is 0.502. The third-order valence-corrected chi connectivity index (χ3v) is 15.8. The number of nitriles is 1. The Morgan fingerprint density at radius 2 is 0.573 bits per heavy atom. The van der Waals surface area contributed by atoms with E-state index in [2.05, 4.69) is 234 Å². The van der Waals surface area contributed by atoms with Crippen molar-refractivity contribution in [2.45, 2.75) is 0 Å². The van der Waals surface area contributed by atoms with Crippen LogP contribution < -0.4 is 0 Å². The Labute approximate surface area is 474 Å². The second-order valence-corrected chi connectivity index (χ2v) is 20.6. The van der Waals surface area contributed by atoms with E-state index in [4.69, 9.17) is 15.0 Å². The molecule has 0 saturated heterocycles. The summed E-state index contributed by atoms with van der Waals surface area (Å²) in [6.07, 6.45) is 0. The Morgan fingerprint density at radius 1 is 0.244 bits per heavy atom. The first-order valence-electron chi connectivity index (χ1n) is 27.6. The Kier molecular flexibility index (Phi) is 11.8. The largest absolute Gasteiger partial charge is 0.308 e. The Morgan fingerprint density at radius 3 is 0.939 bits per heavy atom. The summed E-state index contributed by atoms with van der Waals surface area (Å²) in [6.45, 7) is 0. The van der Waals surface area contributed by atoms with Gasteiger partial charge in [0.1, 0.15) is 6.07 Å². The number of nitrogens with zero attached hydrogens (tertiary/aromatic N) is 6. The molecule has 0 unspecified atom stereocenters. The summed E-state index contributed by atoms with van der Waals surface area (Å²) in [5.74, 6) is 1.61. The quantitative estimate of drug-likeness (QED) is 0.137. The molecule has 82 heavy (non-hydrogen) atoms. The van der Waals surface area contributed by atoms with Crippen molar-refractivity contribution in [1.82, 2.24) is 24.1 Å². The maximum Gasteiger partial charge on any atom is 0.166 e. The molecule has 0 bridgehead atoms. The van der Waals surface area contributed by atoms with Gasteiger partial charge in [-0.2, -0.15) is 5.26 Å². The minimum absolute atomic E-state index is 0.502. The molecule has 0 aliphatic rings. The molecule has 0 amide bonds. The van der Waals surface area contributed by atoms with Gasteiger partial charge in [0.2, 0.25) is 0 Å². The zero-order valence-corrected chi connectivity index (χ0v) is 44.4. The average molecular weight is 1050 g/mol. The standard InChI is InChI=1S/C76H48N6/c77-49-67-61(32-19-33-68(67)81-69-39-34-56(50-20-7-1-8-21-50)44-62(69)63-45-57(35-40-70(63)81)51-22-9-2-10-23-51)60-38-43-73(66(48-60)76-79-74(54-28-15-5-16-29-54)78-75(80-76)55-30-17-6-18-31-55)82-71-41-36-58(52-24-11-3-12-25-52)46-64(71)65-47-59(37-42-72(65)82)53-26-13-4-14-27-53/h1-48H. The molecule has 0 fully saturated rings. The lowest BCUT2D eigenvalue weighted by Crippen LogP contribution is -2.04. The monoisotopic (exact) mass is 1040 g/mol. The highest BCUT2D eigenvalue weighted by Crippen LogP contribution is 2.44. The van der Waals surface area contributed by atoms with E-state index in [9.17, 15) is 5.26 Å². The van der Waals surface area contributed by atoms with Gasteiger partial charge in [-0.3, -0.25) is 0 Å². The second kappa shape index (κ2) is 20.2. The first-order chi connectivity index (χ1) is 40.6. The molecule has 15 rings (SSSR count). The van der Waals surface area contributed by atoms with Gasteiger partial charge in [-0.1, -0.05) is 224 Å². The predicted molar refractivity (Wildman–Crippen MR) is 337 cm³/mol. The van der Waals surface area contributed by atoms with Crippen molar-refractivity contribution in [3.63, 3.8) is 0 Å². The smallest absolute Gasteiger partial charge is 0.166 e. The fraction of sp³-hybridized carbons (Fsp3) is 0. The maximum absolute atomic E-state index is 11.7. The van der Waals surface area contributed by atoms with Crippen LogP contribution in [0.4, 0.5) is 0 Å². The Balaban J connectivity index is 0.984. The molecule has 12 aromatic carbocycles. The van der Waals surface area contributed by atoms with Crippen LogP contribution in [0, 0.1) is 11.3 Å². The van der Waals surface area contributed by atoms with Crippen molar-refractivity contribution in [3.05, 3.63) is 297 Å². The van der Waals surface area contributed by atoms with Gasteiger partial charge in [0, 0.05) is 43.8 Å². The number of hydrogen-bond donors (Lipinski definition) is 0. The van der Waals surface area contributed by atoms with Crippen LogP contribution >= 0.6 is 0 Å². The minimum Gasteiger partial charge on any atom is -0.308 e. The summed E-state index contributed by atoms with van der Waals surface area (Å²) in [7, 11) is 0. The molecule has 15 aromatic rings. The molecule has 3 heterocycles. The first kappa shape index (κ1) is 47.9. The van der Waals surface area contributed by atoms with Gasteiger partial charge >= 0.3 is 0 Å². The highest BCUT2D eigenvalue weighted by Gasteiger charge is 2.24. The van der Waals surface area contributed by atoms with Gasteiger partial charge in [-0.15, -0.1) is 0 Å². The van der Waals surface area contributed by atoms with Crippen LogP contribution in [0.2, 0.25) is 0 Å². The number of fused-ring (bicyclic) bond motifs is 6. The van der Waals surface area contributed by atoms with Crippen molar-refractivity contribution < 1.29 is 0 Å². The predicted octanol–water partition coefficient (Wildman–Crippen LogP) is 19.3. The lowest BCUT2D eigenvalue weighted by atomic mass is 9.95. The van der Waals surface area contributed by atoms with Crippen LogP contribution in [0.3, 0.4) is 0 Å². The molecule has 0 N–H and O–H groups in total. The highest BCUT2D eigenvalue weighted by molar-refractivity contribution is 6.13. The van der Waals surface area contributed by atoms with Crippen molar-refractivity contribution in [3.8, 4) is 107 Å². The SMILES string of the molecule is N#Cc1c(-c2ccc(-n3c4ccc(-c5ccccc5)cc4c4cc(-c5ccccc5)ccc43)c(-c3nc(-c4ccccc4)nc(-c4ccccc4)n3)c2)cccc1-n1c2ccc(-c3ccccc3)cc2c2cc(-c3ccccc3)ccc21. The normalized spacial score (nSPS) is 11.4. The van der Waals surface area contributed by atoms with Crippen LogP contribution in [0.1, 0.15) is 5.56 Å². The van der Waals surface area contributed by atoms with Crippen LogP contribution in [-0.4, -0.2) is 24.1 Å².